The molecule has 1 fully saturated rings. The van der Waals surface area contributed by atoms with E-state index < -0.39 is 35.5 Å². The summed E-state index contributed by atoms with van der Waals surface area (Å²) < 4.78 is 14.8. The highest BCUT2D eigenvalue weighted by Gasteiger charge is 2.36. The van der Waals surface area contributed by atoms with Crippen molar-refractivity contribution in [3.8, 4) is 0 Å². The molecule has 0 saturated heterocycles. The van der Waals surface area contributed by atoms with E-state index in [1.165, 1.54) is 25.3 Å². The Hall–Kier alpha value is -3.18. The van der Waals surface area contributed by atoms with Crippen LogP contribution in [-0.4, -0.2) is 66.6 Å². The molecule has 164 valence electrons. The first-order chi connectivity index (χ1) is 14.8. The first kappa shape index (κ1) is 21.1. The van der Waals surface area contributed by atoms with Crippen molar-refractivity contribution in [1.29, 1.82) is 0 Å². The molecule has 0 spiro atoms. The number of hydrogen-bond donors (Lipinski definition) is 3. The summed E-state index contributed by atoms with van der Waals surface area (Å²) in [6.07, 6.45) is 1.66. The number of aliphatic hydroxyl groups excluding tert-OH is 2. The van der Waals surface area contributed by atoms with Crippen LogP contribution in [0.15, 0.2) is 28.4 Å². The average Bonchev–Trinajstić information content (AvgIpc) is 3.30. The van der Waals surface area contributed by atoms with Crippen molar-refractivity contribution < 1.29 is 19.4 Å². The maximum Gasteiger partial charge on any atom is 0.272 e. The highest BCUT2D eigenvalue weighted by molar-refractivity contribution is 6.47. The van der Waals surface area contributed by atoms with Crippen LogP contribution < -0.4 is 10.9 Å². The fourth-order valence-electron chi connectivity index (χ4n) is 3.96. The number of hydrogen-bond acceptors (Lipinski definition) is 8. The Labute approximate surface area is 177 Å². The maximum atomic E-state index is 13.7. The van der Waals surface area contributed by atoms with Crippen molar-refractivity contribution >= 4 is 17.4 Å². The topological polar surface area (TPSA) is 133 Å². The molecule has 2 aliphatic rings. The molecule has 3 atom stereocenters. The number of aromatic nitrogens is 3. The SMILES string of the molecule is CN(Cc1cc(F)cn(C)c1=O)C(=O)C1=NCc2ncnc(N[C@@H]3CC[C@@H](O)[C@H]3O)c21. The first-order valence-electron chi connectivity index (χ1n) is 9.88. The molecule has 0 unspecified atom stereocenters. The van der Waals surface area contributed by atoms with Crippen LogP contribution in [0, 0.1) is 5.82 Å². The second-order valence-electron chi connectivity index (χ2n) is 7.86. The molecule has 31 heavy (non-hydrogen) atoms. The molecule has 3 heterocycles. The molecule has 11 heteroatoms. The summed E-state index contributed by atoms with van der Waals surface area (Å²) in [7, 11) is 2.94. The Kier molecular flexibility index (Phi) is 5.54. The summed E-state index contributed by atoms with van der Waals surface area (Å²) in [5.74, 6) is -0.684. The Morgan fingerprint density at radius 3 is 2.84 bits per heavy atom. The number of amides is 1. The summed E-state index contributed by atoms with van der Waals surface area (Å²) >= 11 is 0. The second kappa shape index (κ2) is 8.16. The van der Waals surface area contributed by atoms with E-state index in [-0.39, 0.29) is 24.4 Å². The lowest BCUT2D eigenvalue weighted by Gasteiger charge is -2.21. The zero-order chi connectivity index (χ0) is 22.3. The lowest BCUT2D eigenvalue weighted by molar-refractivity contribution is -0.123. The van der Waals surface area contributed by atoms with Gasteiger partial charge < -0.3 is 25.0 Å². The highest BCUT2D eigenvalue weighted by Crippen LogP contribution is 2.28. The number of fused-ring (bicyclic) bond motifs is 1. The van der Waals surface area contributed by atoms with Gasteiger partial charge in [-0.05, 0) is 18.9 Å². The van der Waals surface area contributed by atoms with Gasteiger partial charge in [0, 0.05) is 25.9 Å². The fraction of sp³-hybridized carbons (Fsp3) is 0.450. The zero-order valence-electron chi connectivity index (χ0n) is 17.1. The third-order valence-electron chi connectivity index (χ3n) is 5.63. The highest BCUT2D eigenvalue weighted by atomic mass is 19.1. The average molecular weight is 430 g/mol. The van der Waals surface area contributed by atoms with E-state index in [1.54, 1.807) is 0 Å². The molecule has 2 aromatic heterocycles. The van der Waals surface area contributed by atoms with Crippen LogP contribution in [0.4, 0.5) is 10.2 Å². The van der Waals surface area contributed by atoms with Gasteiger partial charge in [-0.25, -0.2) is 14.4 Å². The minimum absolute atomic E-state index is 0.0956. The van der Waals surface area contributed by atoms with Gasteiger partial charge in [-0.3, -0.25) is 14.6 Å². The molecule has 1 saturated carbocycles. The van der Waals surface area contributed by atoms with Crippen LogP contribution >= 0.6 is 0 Å². The molecule has 1 amide bonds. The number of aliphatic imine (C=N–C) groups is 1. The Morgan fingerprint density at radius 1 is 1.35 bits per heavy atom. The van der Waals surface area contributed by atoms with E-state index >= 15 is 0 Å². The number of carbonyl (C=O) groups excluding carboxylic acids is 1. The molecule has 0 bridgehead atoms. The Balaban J connectivity index is 1.57. The number of aliphatic hydroxyl groups is 2. The molecule has 4 rings (SSSR count). The number of anilines is 1. The van der Waals surface area contributed by atoms with Crippen molar-refractivity contribution in [1.82, 2.24) is 19.4 Å². The van der Waals surface area contributed by atoms with Crippen LogP contribution in [0.2, 0.25) is 0 Å². The fourth-order valence-corrected chi connectivity index (χ4v) is 3.96. The van der Waals surface area contributed by atoms with Gasteiger partial charge in [-0.1, -0.05) is 0 Å². The van der Waals surface area contributed by atoms with Crippen LogP contribution in [0.25, 0.3) is 0 Å². The number of carbonyl (C=O) groups is 1. The van der Waals surface area contributed by atoms with Gasteiger partial charge in [-0.2, -0.15) is 0 Å². The van der Waals surface area contributed by atoms with Gasteiger partial charge >= 0.3 is 0 Å². The lowest BCUT2D eigenvalue weighted by atomic mass is 10.1. The predicted molar refractivity (Wildman–Crippen MR) is 109 cm³/mol. The van der Waals surface area contributed by atoms with Gasteiger partial charge in [0.25, 0.3) is 11.5 Å². The molecule has 10 nitrogen and oxygen atoms in total. The van der Waals surface area contributed by atoms with Crippen LogP contribution in [0.3, 0.4) is 0 Å². The van der Waals surface area contributed by atoms with Gasteiger partial charge in [-0.15, -0.1) is 0 Å². The minimum atomic E-state index is -0.949. The van der Waals surface area contributed by atoms with Crippen molar-refractivity contribution in [3.05, 3.63) is 51.6 Å². The van der Waals surface area contributed by atoms with Crippen molar-refractivity contribution in [2.45, 2.75) is 44.2 Å². The second-order valence-corrected chi connectivity index (χ2v) is 7.86. The standard InChI is InChI=1S/C20H23FN6O4/c1-26(7-10-5-11(21)8-27(2)19(10)30)20(31)16-15-13(6-22-16)23-9-24-18(15)25-12-3-4-14(28)17(12)29/h5,8-9,12,14,17,28-29H,3-4,6-7H2,1-2H3,(H,23,24,25)/t12-,14-,17+/m1/s1. The van der Waals surface area contributed by atoms with Gasteiger partial charge in [0.15, 0.2) is 0 Å². The summed E-state index contributed by atoms with van der Waals surface area (Å²) in [5.41, 5.74) is 0.864. The molecule has 1 aliphatic heterocycles. The third kappa shape index (κ3) is 3.93. The summed E-state index contributed by atoms with van der Waals surface area (Å²) in [6, 6.07) is 0.693. The first-order valence-corrected chi connectivity index (χ1v) is 9.88. The largest absolute Gasteiger partial charge is 0.390 e. The number of rotatable bonds is 5. The number of nitrogens with one attached hydrogen (secondary N) is 1. The van der Waals surface area contributed by atoms with Crippen molar-refractivity contribution in [2.24, 2.45) is 12.0 Å². The smallest absolute Gasteiger partial charge is 0.272 e. The lowest BCUT2D eigenvalue weighted by Crippen LogP contribution is -2.37. The summed E-state index contributed by atoms with van der Waals surface area (Å²) in [4.78, 5) is 39.4. The Bertz CT molecular complexity index is 1120. The number of likely N-dealkylation sites (N-methyl/N-ethyl adjacent to an activating group) is 1. The molecule has 3 N–H and O–H groups in total. The molecule has 0 aromatic carbocycles. The number of nitrogens with zero attached hydrogens (tertiary/aromatic N) is 5. The molecule has 2 aromatic rings. The quantitative estimate of drug-likeness (QED) is 0.586. The molecule has 0 radical (unpaired) electrons. The Morgan fingerprint density at radius 2 is 2.13 bits per heavy atom. The number of pyridine rings is 1. The van der Waals surface area contributed by atoms with E-state index in [0.29, 0.717) is 29.9 Å². The van der Waals surface area contributed by atoms with Crippen LogP contribution in [0.5, 0.6) is 0 Å². The van der Waals surface area contributed by atoms with E-state index in [0.717, 1.165) is 16.8 Å². The number of aryl methyl sites for hydroxylation is 1. The summed E-state index contributed by atoms with van der Waals surface area (Å²) in [6.45, 7) is 0.0978. The summed E-state index contributed by atoms with van der Waals surface area (Å²) in [5, 5.41) is 23.0. The van der Waals surface area contributed by atoms with Crippen LogP contribution in [-0.2, 0) is 24.9 Å². The van der Waals surface area contributed by atoms with Crippen molar-refractivity contribution in [3.63, 3.8) is 0 Å². The van der Waals surface area contributed by atoms with Crippen LogP contribution in [0.1, 0.15) is 29.7 Å². The zero-order valence-corrected chi connectivity index (χ0v) is 17.1. The van der Waals surface area contributed by atoms with E-state index in [4.69, 9.17) is 0 Å². The van der Waals surface area contributed by atoms with Gasteiger partial charge in [0.2, 0.25) is 0 Å². The molecular weight excluding hydrogens is 407 g/mol. The van der Waals surface area contributed by atoms with E-state index in [1.807, 2.05) is 0 Å². The normalized spacial score (nSPS) is 22.2. The minimum Gasteiger partial charge on any atom is -0.390 e. The molecular formula is C20H23FN6O4. The maximum absolute atomic E-state index is 13.7. The molecule has 1 aliphatic carbocycles. The van der Waals surface area contributed by atoms with E-state index in [9.17, 15) is 24.2 Å². The number of halogens is 1. The monoisotopic (exact) mass is 430 g/mol. The van der Waals surface area contributed by atoms with Gasteiger partial charge in [0.05, 0.1) is 42.6 Å². The van der Waals surface area contributed by atoms with Crippen molar-refractivity contribution in [2.75, 3.05) is 12.4 Å². The van der Waals surface area contributed by atoms with E-state index in [2.05, 4.69) is 20.3 Å². The van der Waals surface area contributed by atoms with Gasteiger partial charge in [0.1, 0.15) is 23.7 Å². The third-order valence-corrected chi connectivity index (χ3v) is 5.63. The predicted octanol–water partition coefficient (Wildman–Crippen LogP) is -0.428.